The number of hydrogen-bond acceptors (Lipinski definition) is 3. The molecule has 0 aliphatic carbocycles. The van der Waals surface area contributed by atoms with Gasteiger partial charge in [-0.3, -0.25) is 0 Å². The van der Waals surface area contributed by atoms with Gasteiger partial charge in [0, 0.05) is 12.6 Å². The summed E-state index contributed by atoms with van der Waals surface area (Å²) in [5.74, 6) is 0. The molecule has 1 atom stereocenters. The third-order valence-electron chi connectivity index (χ3n) is 2.03. The molecule has 0 fully saturated rings. The largest absolute Gasteiger partial charge is 0.785 e. The van der Waals surface area contributed by atoms with Gasteiger partial charge in [-0.05, 0) is 12.5 Å². The highest BCUT2D eigenvalue weighted by atomic mass is 16.5. The maximum Gasteiger partial charge on any atom is 0.0549 e. The minimum Gasteiger partial charge on any atom is -0.785 e. The zero-order chi connectivity index (χ0) is 9.68. The number of aliphatic hydroxyl groups excluding tert-OH is 1. The molecular weight excluding hydrogens is 166 g/mol. The van der Waals surface area contributed by atoms with Crippen molar-refractivity contribution in [3.63, 3.8) is 0 Å². The first-order chi connectivity index (χ1) is 6.25. The van der Waals surface area contributed by atoms with Crippen molar-refractivity contribution in [1.29, 1.82) is 0 Å². The van der Waals surface area contributed by atoms with Crippen LogP contribution in [-0.4, -0.2) is 23.3 Å². The molecule has 0 bridgehead atoms. The van der Waals surface area contributed by atoms with Gasteiger partial charge in [0.25, 0.3) is 0 Å². The lowest BCUT2D eigenvalue weighted by molar-refractivity contribution is 0.208. The molecule has 0 radical (unpaired) electrons. The highest BCUT2D eigenvalue weighted by Gasteiger charge is 2.05. The molecule has 0 aromatic heterocycles. The van der Waals surface area contributed by atoms with Crippen LogP contribution in [0.5, 0.6) is 0 Å². The predicted octanol–water partition coefficient (Wildman–Crippen LogP) is 1.54. The average molecular weight is 180 g/mol. The first kappa shape index (κ1) is 10.2. The standard InChI is InChI=1S/C10H14NO2/c1-9(11(13)7-8-12)10-5-3-2-4-6-10/h2-6,9,12H,7-8H2,1H3/q-1. The van der Waals surface area contributed by atoms with Crippen LogP contribution in [0.4, 0.5) is 0 Å². The van der Waals surface area contributed by atoms with Crippen molar-refractivity contribution in [2.45, 2.75) is 13.0 Å². The normalized spacial score (nSPS) is 13.2. The van der Waals surface area contributed by atoms with Crippen molar-refractivity contribution >= 4 is 0 Å². The van der Waals surface area contributed by atoms with Crippen LogP contribution in [0.15, 0.2) is 30.3 Å². The van der Waals surface area contributed by atoms with Gasteiger partial charge < -0.3 is 15.4 Å². The molecule has 1 rings (SSSR count). The third kappa shape index (κ3) is 2.81. The Morgan fingerprint density at radius 3 is 2.54 bits per heavy atom. The second kappa shape index (κ2) is 4.97. The first-order valence-corrected chi connectivity index (χ1v) is 4.35. The zero-order valence-corrected chi connectivity index (χ0v) is 7.68. The Hall–Kier alpha value is -0.900. The van der Waals surface area contributed by atoms with Gasteiger partial charge in [-0.25, -0.2) is 0 Å². The molecule has 0 aliphatic rings. The molecular formula is C10H14NO2-. The zero-order valence-electron chi connectivity index (χ0n) is 7.68. The Balaban J connectivity index is 2.62. The predicted molar refractivity (Wildman–Crippen MR) is 52.0 cm³/mol. The quantitative estimate of drug-likeness (QED) is 0.715. The molecule has 72 valence electrons. The topological polar surface area (TPSA) is 46.5 Å². The molecule has 0 saturated carbocycles. The molecule has 0 heterocycles. The molecule has 1 aromatic rings. The molecule has 0 aliphatic heterocycles. The maximum atomic E-state index is 11.3. The Morgan fingerprint density at radius 1 is 1.38 bits per heavy atom. The second-order valence-corrected chi connectivity index (χ2v) is 2.95. The molecule has 1 unspecified atom stereocenters. The number of aliphatic hydroxyl groups is 1. The van der Waals surface area contributed by atoms with Crippen molar-refractivity contribution in [3.05, 3.63) is 41.1 Å². The van der Waals surface area contributed by atoms with E-state index < -0.39 is 0 Å². The van der Waals surface area contributed by atoms with Crippen LogP contribution in [0.3, 0.4) is 0 Å². The van der Waals surface area contributed by atoms with Crippen molar-refractivity contribution < 1.29 is 5.11 Å². The molecule has 3 nitrogen and oxygen atoms in total. The van der Waals surface area contributed by atoms with E-state index >= 15 is 0 Å². The van der Waals surface area contributed by atoms with Gasteiger partial charge in [0.05, 0.1) is 6.61 Å². The van der Waals surface area contributed by atoms with E-state index in [0.29, 0.717) is 0 Å². The number of hydrogen-bond donors (Lipinski definition) is 1. The lowest BCUT2D eigenvalue weighted by Crippen LogP contribution is -2.23. The van der Waals surface area contributed by atoms with Crippen molar-refractivity contribution in [2.24, 2.45) is 0 Å². The fourth-order valence-corrected chi connectivity index (χ4v) is 1.19. The fraction of sp³-hybridized carbons (Fsp3) is 0.400. The smallest absolute Gasteiger partial charge is 0.0549 e. The molecule has 0 saturated heterocycles. The van der Waals surface area contributed by atoms with E-state index in [1.165, 1.54) is 0 Å². The fourth-order valence-electron chi connectivity index (χ4n) is 1.19. The van der Waals surface area contributed by atoms with Crippen LogP contribution in [-0.2, 0) is 0 Å². The Labute approximate surface area is 78.2 Å². The highest BCUT2D eigenvalue weighted by Crippen LogP contribution is 2.17. The summed E-state index contributed by atoms with van der Waals surface area (Å²) in [5, 5.41) is 20.8. The van der Waals surface area contributed by atoms with E-state index in [9.17, 15) is 5.21 Å². The third-order valence-corrected chi connectivity index (χ3v) is 2.03. The second-order valence-electron chi connectivity index (χ2n) is 2.95. The summed E-state index contributed by atoms with van der Waals surface area (Å²) in [6.45, 7) is 1.90. The van der Waals surface area contributed by atoms with Gasteiger partial charge in [0.2, 0.25) is 0 Å². The van der Waals surface area contributed by atoms with Crippen molar-refractivity contribution in [2.75, 3.05) is 13.2 Å². The van der Waals surface area contributed by atoms with E-state index in [-0.39, 0.29) is 19.2 Å². The molecule has 1 aromatic carbocycles. The molecule has 3 heteroatoms. The number of rotatable bonds is 4. The molecule has 0 spiro atoms. The van der Waals surface area contributed by atoms with Crippen LogP contribution in [0.2, 0.25) is 0 Å². The van der Waals surface area contributed by atoms with Gasteiger partial charge in [-0.1, -0.05) is 30.3 Å². The Bertz CT molecular complexity index is 238. The lowest BCUT2D eigenvalue weighted by Gasteiger charge is -2.34. The Kier molecular flexibility index (Phi) is 3.89. The monoisotopic (exact) mass is 180 g/mol. The molecule has 0 amide bonds. The number of nitrogens with zero attached hydrogens (tertiary/aromatic N) is 1. The first-order valence-electron chi connectivity index (χ1n) is 4.35. The SMILES string of the molecule is CC(c1ccccc1)N([O-])CCO. The summed E-state index contributed by atoms with van der Waals surface area (Å²) < 4.78 is 0. The van der Waals surface area contributed by atoms with Crippen LogP contribution >= 0.6 is 0 Å². The van der Waals surface area contributed by atoms with Crippen LogP contribution < -0.4 is 0 Å². The summed E-state index contributed by atoms with van der Waals surface area (Å²) in [4.78, 5) is 0. The van der Waals surface area contributed by atoms with Gasteiger partial charge in [0.15, 0.2) is 0 Å². The van der Waals surface area contributed by atoms with E-state index in [1.54, 1.807) is 0 Å². The summed E-state index contributed by atoms with van der Waals surface area (Å²) in [6.07, 6.45) is 0. The van der Waals surface area contributed by atoms with Crippen molar-refractivity contribution in [1.82, 2.24) is 5.06 Å². The number of benzene rings is 1. The minimum absolute atomic E-state index is 0.0966. The van der Waals surface area contributed by atoms with Gasteiger partial charge in [-0.2, -0.15) is 0 Å². The summed E-state index contributed by atoms with van der Waals surface area (Å²) in [6, 6.07) is 9.35. The molecule has 1 N–H and O–H groups in total. The van der Waals surface area contributed by atoms with Crippen molar-refractivity contribution in [3.8, 4) is 0 Å². The van der Waals surface area contributed by atoms with E-state index in [0.717, 1.165) is 10.6 Å². The van der Waals surface area contributed by atoms with Crippen LogP contribution in [0.1, 0.15) is 18.5 Å². The summed E-state index contributed by atoms with van der Waals surface area (Å²) >= 11 is 0. The van der Waals surface area contributed by atoms with Gasteiger partial charge in [-0.15, -0.1) is 0 Å². The molecule has 13 heavy (non-hydrogen) atoms. The highest BCUT2D eigenvalue weighted by molar-refractivity contribution is 5.18. The van der Waals surface area contributed by atoms with Crippen LogP contribution in [0.25, 0.3) is 0 Å². The minimum atomic E-state index is -0.187. The summed E-state index contributed by atoms with van der Waals surface area (Å²) in [5.41, 5.74) is 0.978. The average Bonchev–Trinajstić information content (AvgIpc) is 2.18. The van der Waals surface area contributed by atoms with Gasteiger partial charge in [0.1, 0.15) is 0 Å². The van der Waals surface area contributed by atoms with E-state index in [4.69, 9.17) is 5.11 Å². The van der Waals surface area contributed by atoms with E-state index in [2.05, 4.69) is 0 Å². The maximum absolute atomic E-state index is 11.3. The Morgan fingerprint density at radius 2 is 2.00 bits per heavy atom. The summed E-state index contributed by atoms with van der Waals surface area (Å²) in [7, 11) is 0. The lowest BCUT2D eigenvalue weighted by atomic mass is 10.1. The van der Waals surface area contributed by atoms with E-state index in [1.807, 2.05) is 37.3 Å². The number of hydroxylamine groups is 2. The van der Waals surface area contributed by atoms with Gasteiger partial charge >= 0.3 is 0 Å². The van der Waals surface area contributed by atoms with Crippen LogP contribution in [0, 0.1) is 5.21 Å².